The average molecular weight is 387 g/mol. The number of rotatable bonds is 4. The van der Waals surface area contributed by atoms with Crippen LogP contribution in [0.15, 0.2) is 64.0 Å². The molecule has 144 valence electrons. The summed E-state index contributed by atoms with van der Waals surface area (Å²) in [5.41, 5.74) is 5.18. The number of phenolic OH excluding ortho intramolecular Hbond substituents is 1. The van der Waals surface area contributed by atoms with Crippen molar-refractivity contribution >= 4 is 28.7 Å². The van der Waals surface area contributed by atoms with E-state index in [1.165, 1.54) is 24.4 Å². The molecule has 0 unspecified atom stereocenters. The molecule has 0 saturated carbocycles. The van der Waals surface area contributed by atoms with Gasteiger partial charge in [-0.15, -0.1) is 0 Å². The van der Waals surface area contributed by atoms with Crippen LogP contribution in [0.5, 0.6) is 5.75 Å². The normalized spacial score (nSPS) is 11.4. The number of oxazole rings is 1. The molecular formula is C22H17N3O4. The summed E-state index contributed by atoms with van der Waals surface area (Å²) in [6.07, 6.45) is 1.38. The minimum absolute atomic E-state index is 0.0843. The quantitative estimate of drug-likeness (QED) is 0.284. The van der Waals surface area contributed by atoms with Crippen LogP contribution in [0.2, 0.25) is 0 Å². The van der Waals surface area contributed by atoms with Gasteiger partial charge in [0.1, 0.15) is 11.3 Å². The molecule has 3 aromatic carbocycles. The molecule has 0 aliphatic rings. The van der Waals surface area contributed by atoms with E-state index in [0.29, 0.717) is 22.7 Å². The van der Waals surface area contributed by atoms with Gasteiger partial charge in [0.2, 0.25) is 5.89 Å². The summed E-state index contributed by atoms with van der Waals surface area (Å²) in [6, 6.07) is 15.2. The van der Waals surface area contributed by atoms with Gasteiger partial charge in [-0.25, -0.2) is 4.98 Å². The Kier molecular flexibility index (Phi) is 4.56. The second-order valence-electron chi connectivity index (χ2n) is 6.81. The van der Waals surface area contributed by atoms with Gasteiger partial charge in [0.05, 0.1) is 10.6 Å². The number of nitrogens with zero attached hydrogens (tertiary/aromatic N) is 3. The molecule has 0 bridgehead atoms. The Morgan fingerprint density at radius 1 is 1.07 bits per heavy atom. The Morgan fingerprint density at radius 3 is 2.55 bits per heavy atom. The van der Waals surface area contributed by atoms with Crippen LogP contribution in [-0.2, 0) is 0 Å². The number of nitro benzene ring substituents is 1. The number of aromatic hydroxyl groups is 1. The molecule has 0 spiro atoms. The maximum Gasteiger partial charge on any atom is 0.270 e. The second kappa shape index (κ2) is 7.20. The number of benzene rings is 3. The molecule has 0 amide bonds. The highest BCUT2D eigenvalue weighted by Crippen LogP contribution is 2.29. The Labute approximate surface area is 166 Å². The van der Waals surface area contributed by atoms with Gasteiger partial charge in [0.15, 0.2) is 5.58 Å². The van der Waals surface area contributed by atoms with E-state index >= 15 is 0 Å². The second-order valence-corrected chi connectivity index (χ2v) is 6.81. The van der Waals surface area contributed by atoms with E-state index in [1.54, 1.807) is 18.2 Å². The first-order valence-corrected chi connectivity index (χ1v) is 8.90. The van der Waals surface area contributed by atoms with Crippen molar-refractivity contribution in [2.45, 2.75) is 13.8 Å². The lowest BCUT2D eigenvalue weighted by Crippen LogP contribution is -1.90. The number of fused-ring (bicyclic) bond motifs is 1. The van der Waals surface area contributed by atoms with Gasteiger partial charge in [-0.1, -0.05) is 17.2 Å². The minimum atomic E-state index is -0.521. The molecule has 0 atom stereocenters. The fourth-order valence-electron chi connectivity index (χ4n) is 3.12. The van der Waals surface area contributed by atoms with Crippen molar-refractivity contribution in [2.75, 3.05) is 0 Å². The Balaban J connectivity index is 1.67. The van der Waals surface area contributed by atoms with Crippen LogP contribution in [0.4, 0.5) is 11.4 Å². The number of hydrogen-bond acceptors (Lipinski definition) is 6. The summed E-state index contributed by atoms with van der Waals surface area (Å²) in [5.74, 6) is 0.447. The molecule has 7 heteroatoms. The lowest BCUT2D eigenvalue weighted by atomic mass is 10.1. The van der Waals surface area contributed by atoms with Gasteiger partial charge in [-0.05, 0) is 50.2 Å². The van der Waals surface area contributed by atoms with Gasteiger partial charge < -0.3 is 9.52 Å². The maximum atomic E-state index is 10.9. The Bertz CT molecular complexity index is 1250. The summed E-state index contributed by atoms with van der Waals surface area (Å²) in [6.45, 7) is 4.05. The van der Waals surface area contributed by atoms with Crippen molar-refractivity contribution in [3.8, 4) is 17.2 Å². The van der Waals surface area contributed by atoms with Crippen LogP contribution < -0.4 is 0 Å². The molecule has 29 heavy (non-hydrogen) atoms. The first-order chi connectivity index (χ1) is 13.9. The molecule has 0 saturated heterocycles. The third-order valence-corrected chi connectivity index (χ3v) is 4.41. The predicted octanol–water partition coefficient (Wildman–Crippen LogP) is 5.48. The number of aromatic nitrogens is 1. The number of aryl methyl sites for hydroxylation is 2. The molecule has 7 nitrogen and oxygen atoms in total. The highest BCUT2D eigenvalue weighted by atomic mass is 16.6. The summed E-state index contributed by atoms with van der Waals surface area (Å²) >= 11 is 0. The van der Waals surface area contributed by atoms with Crippen LogP contribution in [0, 0.1) is 24.0 Å². The minimum Gasteiger partial charge on any atom is -0.507 e. The molecule has 1 N–H and O–H groups in total. The molecule has 0 aliphatic carbocycles. The average Bonchev–Trinajstić information content (AvgIpc) is 3.10. The molecule has 0 radical (unpaired) electrons. The molecule has 1 aromatic heterocycles. The Hall–Kier alpha value is -4.00. The molecular weight excluding hydrogens is 370 g/mol. The van der Waals surface area contributed by atoms with E-state index in [-0.39, 0.29) is 17.0 Å². The van der Waals surface area contributed by atoms with Crippen molar-refractivity contribution in [3.63, 3.8) is 0 Å². The third-order valence-electron chi connectivity index (χ3n) is 4.41. The zero-order chi connectivity index (χ0) is 20.5. The molecule has 1 heterocycles. The van der Waals surface area contributed by atoms with Crippen molar-refractivity contribution < 1.29 is 14.4 Å². The van der Waals surface area contributed by atoms with Gasteiger partial charge >= 0.3 is 0 Å². The van der Waals surface area contributed by atoms with E-state index in [1.807, 2.05) is 26.0 Å². The molecule has 0 fully saturated rings. The van der Waals surface area contributed by atoms with Gasteiger partial charge in [0, 0.05) is 29.5 Å². The lowest BCUT2D eigenvalue weighted by Gasteiger charge is -2.00. The SMILES string of the molecule is Cc1cc(C)cc(-c2nc3cc(N=Cc4cc([N+](=O)[O-])ccc4O)ccc3o2)c1. The van der Waals surface area contributed by atoms with Gasteiger partial charge in [-0.2, -0.15) is 0 Å². The number of non-ortho nitro benzene ring substituents is 1. The number of aliphatic imine (C=N–C) groups is 1. The van der Waals surface area contributed by atoms with Crippen LogP contribution in [0.3, 0.4) is 0 Å². The molecule has 4 rings (SSSR count). The monoisotopic (exact) mass is 387 g/mol. The van der Waals surface area contributed by atoms with Crippen LogP contribution in [-0.4, -0.2) is 21.2 Å². The topological polar surface area (TPSA) is 102 Å². The fourth-order valence-corrected chi connectivity index (χ4v) is 3.12. The van der Waals surface area contributed by atoms with Crippen molar-refractivity contribution in [3.05, 3.63) is 81.4 Å². The first kappa shape index (κ1) is 18.4. The van der Waals surface area contributed by atoms with E-state index in [9.17, 15) is 15.2 Å². The Morgan fingerprint density at radius 2 is 1.83 bits per heavy atom. The van der Waals surface area contributed by atoms with Crippen molar-refractivity contribution in [1.82, 2.24) is 4.98 Å². The van der Waals surface area contributed by atoms with Crippen LogP contribution >= 0.6 is 0 Å². The van der Waals surface area contributed by atoms with Crippen molar-refractivity contribution in [1.29, 1.82) is 0 Å². The highest BCUT2D eigenvalue weighted by molar-refractivity contribution is 5.87. The summed E-state index contributed by atoms with van der Waals surface area (Å²) in [7, 11) is 0. The van der Waals surface area contributed by atoms with E-state index in [2.05, 4.69) is 16.0 Å². The summed E-state index contributed by atoms with van der Waals surface area (Å²) in [4.78, 5) is 19.3. The maximum absolute atomic E-state index is 10.9. The summed E-state index contributed by atoms with van der Waals surface area (Å²) < 4.78 is 5.87. The standard InChI is InChI=1S/C22H17N3O4/c1-13-7-14(2)9-15(8-13)22-24-19-11-17(3-6-21(19)29-22)23-12-16-10-18(25(27)28)4-5-20(16)26/h3-12,26H,1-2H3. The van der Waals surface area contributed by atoms with Crippen LogP contribution in [0.1, 0.15) is 16.7 Å². The zero-order valence-electron chi connectivity index (χ0n) is 15.8. The van der Waals surface area contributed by atoms with Crippen LogP contribution in [0.25, 0.3) is 22.6 Å². The number of nitro groups is 1. The molecule has 0 aliphatic heterocycles. The third kappa shape index (κ3) is 3.84. The predicted molar refractivity (Wildman–Crippen MR) is 111 cm³/mol. The van der Waals surface area contributed by atoms with Gasteiger partial charge in [0.25, 0.3) is 5.69 Å². The van der Waals surface area contributed by atoms with E-state index in [4.69, 9.17) is 4.42 Å². The van der Waals surface area contributed by atoms with Crippen molar-refractivity contribution in [2.24, 2.45) is 4.99 Å². The zero-order valence-corrected chi connectivity index (χ0v) is 15.8. The number of phenols is 1. The first-order valence-electron chi connectivity index (χ1n) is 8.90. The smallest absolute Gasteiger partial charge is 0.270 e. The summed E-state index contributed by atoms with van der Waals surface area (Å²) in [5, 5.41) is 20.8. The largest absolute Gasteiger partial charge is 0.507 e. The molecule has 4 aromatic rings. The van der Waals surface area contributed by atoms with E-state index in [0.717, 1.165) is 16.7 Å². The lowest BCUT2D eigenvalue weighted by molar-refractivity contribution is -0.384. The van der Waals surface area contributed by atoms with E-state index < -0.39 is 4.92 Å². The van der Waals surface area contributed by atoms with Gasteiger partial charge in [-0.3, -0.25) is 15.1 Å². The fraction of sp³-hybridized carbons (Fsp3) is 0.0909. The number of hydrogen-bond donors (Lipinski definition) is 1. The highest BCUT2D eigenvalue weighted by Gasteiger charge is 2.11.